The number of amides is 1. The zero-order chi connectivity index (χ0) is 19.1. The van der Waals surface area contributed by atoms with Crippen LogP contribution in [0, 0.1) is 0 Å². The third kappa shape index (κ3) is 3.40. The molecule has 1 N–H and O–H groups in total. The summed E-state index contributed by atoms with van der Waals surface area (Å²) in [5.41, 5.74) is 0.492. The van der Waals surface area contributed by atoms with Crippen molar-refractivity contribution in [1.29, 1.82) is 0 Å². The molecule has 0 unspecified atom stereocenters. The van der Waals surface area contributed by atoms with Gasteiger partial charge in [0.1, 0.15) is 9.75 Å². The number of sulfonamides is 1. The van der Waals surface area contributed by atoms with E-state index in [2.05, 4.69) is 10.2 Å². The number of hydrogen-bond acceptors (Lipinski definition) is 5. The SMILES string of the molecule is O=C1NCN(Cc2ccccc2)C12CCN(S(=O)(=O)c1ccc(Cl)s1)CC2. The van der Waals surface area contributed by atoms with E-state index in [-0.39, 0.29) is 10.1 Å². The maximum absolute atomic E-state index is 12.8. The van der Waals surface area contributed by atoms with Crippen molar-refractivity contribution in [1.82, 2.24) is 14.5 Å². The summed E-state index contributed by atoms with van der Waals surface area (Å²) < 4.78 is 27.8. The summed E-state index contributed by atoms with van der Waals surface area (Å²) in [4.78, 5) is 14.8. The van der Waals surface area contributed by atoms with Gasteiger partial charge in [-0.25, -0.2) is 8.42 Å². The van der Waals surface area contributed by atoms with E-state index in [9.17, 15) is 13.2 Å². The summed E-state index contributed by atoms with van der Waals surface area (Å²) >= 11 is 6.96. The molecule has 1 aromatic carbocycles. The van der Waals surface area contributed by atoms with E-state index in [1.165, 1.54) is 10.4 Å². The van der Waals surface area contributed by atoms with E-state index < -0.39 is 15.6 Å². The highest BCUT2D eigenvalue weighted by molar-refractivity contribution is 7.91. The van der Waals surface area contributed by atoms with Crippen LogP contribution in [0.15, 0.2) is 46.7 Å². The van der Waals surface area contributed by atoms with Crippen LogP contribution in [0.3, 0.4) is 0 Å². The van der Waals surface area contributed by atoms with Gasteiger partial charge in [0.25, 0.3) is 10.0 Å². The van der Waals surface area contributed by atoms with Crippen molar-refractivity contribution < 1.29 is 13.2 Å². The van der Waals surface area contributed by atoms with E-state index in [1.54, 1.807) is 6.07 Å². The Morgan fingerprint density at radius 1 is 1.11 bits per heavy atom. The van der Waals surface area contributed by atoms with Crippen LogP contribution in [0.2, 0.25) is 4.34 Å². The largest absolute Gasteiger partial charge is 0.342 e. The van der Waals surface area contributed by atoms with Gasteiger partial charge in [0.05, 0.1) is 11.0 Å². The molecule has 144 valence electrons. The van der Waals surface area contributed by atoms with Crippen LogP contribution in [0.4, 0.5) is 0 Å². The molecule has 9 heteroatoms. The molecule has 2 aliphatic rings. The van der Waals surface area contributed by atoms with Crippen molar-refractivity contribution in [2.75, 3.05) is 19.8 Å². The molecule has 2 aromatic rings. The Hall–Kier alpha value is -1.45. The second-order valence-corrected chi connectivity index (χ2v) is 10.7. The summed E-state index contributed by atoms with van der Waals surface area (Å²) in [6, 6.07) is 13.1. The first kappa shape index (κ1) is 18.9. The summed E-state index contributed by atoms with van der Waals surface area (Å²) in [5.74, 6) is -0.00496. The standard InChI is InChI=1S/C18H20ClN3O3S2/c19-15-6-7-16(26-15)27(24,25)22-10-8-18(9-11-22)17(23)20-13-21(18)12-14-4-2-1-3-5-14/h1-7H,8-13H2,(H,20,23). The van der Waals surface area contributed by atoms with Gasteiger partial charge in [0.2, 0.25) is 5.91 Å². The number of benzene rings is 1. The molecule has 1 amide bonds. The Morgan fingerprint density at radius 3 is 2.44 bits per heavy atom. The van der Waals surface area contributed by atoms with E-state index in [0.29, 0.717) is 43.5 Å². The van der Waals surface area contributed by atoms with Crippen LogP contribution in [0.25, 0.3) is 0 Å². The van der Waals surface area contributed by atoms with Gasteiger partial charge in [-0.1, -0.05) is 41.9 Å². The molecular formula is C18H20ClN3O3S2. The molecule has 0 atom stereocenters. The molecule has 0 radical (unpaired) electrons. The number of hydrogen-bond donors (Lipinski definition) is 1. The first-order chi connectivity index (χ1) is 12.9. The number of rotatable bonds is 4. The molecule has 27 heavy (non-hydrogen) atoms. The van der Waals surface area contributed by atoms with Crippen molar-refractivity contribution in [3.8, 4) is 0 Å². The zero-order valence-electron chi connectivity index (χ0n) is 14.6. The highest BCUT2D eigenvalue weighted by Crippen LogP contribution is 2.36. The van der Waals surface area contributed by atoms with Gasteiger partial charge in [-0.2, -0.15) is 4.31 Å². The van der Waals surface area contributed by atoms with Crippen molar-refractivity contribution in [2.45, 2.75) is 29.1 Å². The number of halogens is 1. The van der Waals surface area contributed by atoms with Crippen molar-refractivity contribution in [2.24, 2.45) is 0 Å². The maximum atomic E-state index is 12.8. The number of nitrogens with one attached hydrogen (secondary N) is 1. The van der Waals surface area contributed by atoms with Gasteiger partial charge in [-0.05, 0) is 30.5 Å². The maximum Gasteiger partial charge on any atom is 0.252 e. The molecule has 1 spiro atoms. The average Bonchev–Trinajstić information content (AvgIpc) is 3.23. The molecule has 3 heterocycles. The van der Waals surface area contributed by atoms with Gasteiger partial charge >= 0.3 is 0 Å². The third-order valence-corrected chi connectivity index (χ3v) is 8.96. The lowest BCUT2D eigenvalue weighted by molar-refractivity contribution is -0.128. The highest BCUT2D eigenvalue weighted by atomic mass is 35.5. The van der Waals surface area contributed by atoms with Crippen LogP contribution < -0.4 is 5.32 Å². The summed E-state index contributed by atoms with van der Waals surface area (Å²) in [5, 5.41) is 2.94. The Labute approximate surface area is 167 Å². The molecule has 6 nitrogen and oxygen atoms in total. The number of carbonyl (C=O) groups is 1. The van der Waals surface area contributed by atoms with Gasteiger partial charge in [-0.15, -0.1) is 11.3 Å². The molecular weight excluding hydrogens is 406 g/mol. The molecule has 0 bridgehead atoms. The van der Waals surface area contributed by atoms with E-state index in [4.69, 9.17) is 11.6 Å². The van der Waals surface area contributed by atoms with E-state index in [1.807, 2.05) is 30.3 Å². The fraction of sp³-hybridized carbons (Fsp3) is 0.389. The predicted molar refractivity (Wildman–Crippen MR) is 105 cm³/mol. The van der Waals surface area contributed by atoms with Crippen LogP contribution in [-0.2, 0) is 21.4 Å². The normalized spacial score (nSPS) is 20.9. The molecule has 2 aliphatic heterocycles. The summed E-state index contributed by atoms with van der Waals surface area (Å²) in [6.07, 6.45) is 0.952. The Bertz CT molecular complexity index is 938. The number of nitrogens with zero attached hydrogens (tertiary/aromatic N) is 2. The Morgan fingerprint density at radius 2 is 1.81 bits per heavy atom. The molecule has 2 saturated heterocycles. The fourth-order valence-corrected chi connectivity index (χ4v) is 6.92. The van der Waals surface area contributed by atoms with Crippen molar-refractivity contribution in [3.05, 3.63) is 52.4 Å². The predicted octanol–water partition coefficient (Wildman–Crippen LogP) is 2.51. The molecule has 2 fully saturated rings. The molecule has 4 rings (SSSR count). The topological polar surface area (TPSA) is 69.7 Å². The summed E-state index contributed by atoms with van der Waals surface area (Å²) in [7, 11) is -3.56. The number of thiophene rings is 1. The monoisotopic (exact) mass is 425 g/mol. The van der Waals surface area contributed by atoms with Gasteiger partial charge < -0.3 is 5.32 Å². The van der Waals surface area contributed by atoms with Gasteiger partial charge in [-0.3, -0.25) is 9.69 Å². The molecule has 0 saturated carbocycles. The van der Waals surface area contributed by atoms with Crippen LogP contribution in [0.5, 0.6) is 0 Å². The molecule has 1 aromatic heterocycles. The lowest BCUT2D eigenvalue weighted by atomic mass is 9.86. The van der Waals surface area contributed by atoms with Gasteiger partial charge in [0, 0.05) is 19.6 Å². The minimum Gasteiger partial charge on any atom is -0.342 e. The number of carbonyl (C=O) groups excluding carboxylic acids is 1. The summed E-state index contributed by atoms with van der Waals surface area (Å²) in [6.45, 7) is 1.78. The molecule has 0 aliphatic carbocycles. The van der Waals surface area contributed by atoms with Crippen molar-refractivity contribution in [3.63, 3.8) is 0 Å². The zero-order valence-corrected chi connectivity index (χ0v) is 17.0. The van der Waals surface area contributed by atoms with E-state index >= 15 is 0 Å². The quantitative estimate of drug-likeness (QED) is 0.817. The Balaban J connectivity index is 1.51. The highest BCUT2D eigenvalue weighted by Gasteiger charge is 2.51. The first-order valence-corrected chi connectivity index (χ1v) is 11.4. The fourth-order valence-electron chi connectivity index (χ4n) is 3.84. The third-order valence-electron chi connectivity index (χ3n) is 5.37. The first-order valence-electron chi connectivity index (χ1n) is 8.75. The minimum absolute atomic E-state index is 0.00496. The smallest absolute Gasteiger partial charge is 0.252 e. The number of piperidine rings is 1. The van der Waals surface area contributed by atoms with Crippen molar-refractivity contribution >= 4 is 38.9 Å². The average molecular weight is 426 g/mol. The lowest BCUT2D eigenvalue weighted by Crippen LogP contribution is -2.56. The van der Waals surface area contributed by atoms with E-state index in [0.717, 1.165) is 16.9 Å². The van der Waals surface area contributed by atoms with Crippen LogP contribution in [-0.4, -0.2) is 48.8 Å². The second-order valence-electron chi connectivity index (χ2n) is 6.84. The Kier molecular flexibility index (Phi) is 5.02. The second kappa shape index (κ2) is 7.18. The van der Waals surface area contributed by atoms with Crippen LogP contribution >= 0.6 is 22.9 Å². The van der Waals surface area contributed by atoms with Crippen LogP contribution in [0.1, 0.15) is 18.4 Å². The minimum atomic E-state index is -3.56. The lowest BCUT2D eigenvalue weighted by Gasteiger charge is -2.41. The van der Waals surface area contributed by atoms with Gasteiger partial charge in [0.15, 0.2) is 0 Å².